The van der Waals surface area contributed by atoms with Crippen molar-refractivity contribution in [2.24, 2.45) is 4.99 Å². The molecular formula is C23H23N5O3S. The third-order valence-electron chi connectivity index (χ3n) is 4.52. The number of carbonyl (C=O) groups is 1. The van der Waals surface area contributed by atoms with E-state index in [2.05, 4.69) is 26.9 Å². The summed E-state index contributed by atoms with van der Waals surface area (Å²) >= 11 is 1.36. The summed E-state index contributed by atoms with van der Waals surface area (Å²) in [6.45, 7) is 7.59. The first kappa shape index (κ1) is 22.8. The lowest BCUT2D eigenvalue weighted by atomic mass is 9.99. The first-order valence-corrected chi connectivity index (χ1v) is 10.5. The lowest BCUT2D eigenvalue weighted by Gasteiger charge is -2.08. The molecule has 2 N–H and O–H groups in total. The molecule has 0 spiro atoms. The highest BCUT2D eigenvalue weighted by molar-refractivity contribution is 7.14. The van der Waals surface area contributed by atoms with Gasteiger partial charge in [-0.2, -0.15) is 0 Å². The maximum atomic E-state index is 12.4. The van der Waals surface area contributed by atoms with E-state index in [-0.39, 0.29) is 11.9 Å². The highest BCUT2D eigenvalue weighted by Gasteiger charge is 2.17. The molecule has 0 atom stereocenters. The maximum absolute atomic E-state index is 12.4. The Hall–Kier alpha value is -3.85. The largest absolute Gasteiger partial charge is 0.496 e. The molecule has 0 fully saturated rings. The van der Waals surface area contributed by atoms with Crippen LogP contribution < -0.4 is 5.32 Å². The van der Waals surface area contributed by atoms with E-state index in [1.807, 2.05) is 31.4 Å². The highest BCUT2D eigenvalue weighted by Crippen LogP contribution is 2.33. The molecule has 2 aromatic heterocycles. The smallest absolute Gasteiger partial charge is 0.314 e. The Morgan fingerprint density at radius 1 is 1.34 bits per heavy atom. The number of aromatic nitrogens is 2. The van der Waals surface area contributed by atoms with Gasteiger partial charge >= 0.3 is 6.02 Å². The number of rotatable bonds is 6. The van der Waals surface area contributed by atoms with Gasteiger partial charge in [-0.3, -0.25) is 15.1 Å². The molecule has 0 aromatic carbocycles. The fourth-order valence-electron chi connectivity index (χ4n) is 2.97. The maximum Gasteiger partial charge on any atom is 0.314 e. The number of pyridine rings is 1. The molecular weight excluding hydrogens is 426 g/mol. The van der Waals surface area contributed by atoms with E-state index in [1.165, 1.54) is 24.7 Å². The van der Waals surface area contributed by atoms with E-state index in [4.69, 9.17) is 14.9 Å². The van der Waals surface area contributed by atoms with Crippen LogP contribution in [0, 0.1) is 5.41 Å². The molecule has 1 amide bonds. The SMILES string of the molecule is C=C(/C=N\C(=N)OC1=CCC(C)=C(c2csc(NC(=O)c3ccncc3)n2)C(C)=C1)OC. The fraction of sp³-hybridized carbons (Fsp3) is 0.174. The van der Waals surface area contributed by atoms with Crippen LogP contribution in [-0.2, 0) is 9.47 Å². The molecule has 0 saturated heterocycles. The second-order valence-electron chi connectivity index (χ2n) is 6.86. The number of nitrogens with zero attached hydrogens (tertiary/aromatic N) is 3. The van der Waals surface area contributed by atoms with Crippen LogP contribution in [0.3, 0.4) is 0 Å². The summed E-state index contributed by atoms with van der Waals surface area (Å²) in [6.07, 6.45) is 8.82. The molecule has 164 valence electrons. The van der Waals surface area contributed by atoms with Gasteiger partial charge in [0.15, 0.2) is 5.13 Å². The van der Waals surface area contributed by atoms with Crippen LogP contribution in [0.1, 0.15) is 36.3 Å². The number of methoxy groups -OCH3 is 1. The predicted octanol–water partition coefficient (Wildman–Crippen LogP) is 4.98. The van der Waals surface area contributed by atoms with Gasteiger partial charge < -0.3 is 9.47 Å². The zero-order valence-corrected chi connectivity index (χ0v) is 18.8. The Kier molecular flexibility index (Phi) is 7.45. The third kappa shape index (κ3) is 5.86. The molecule has 0 bridgehead atoms. The molecule has 9 heteroatoms. The Bertz CT molecular complexity index is 1160. The van der Waals surface area contributed by atoms with Gasteiger partial charge in [-0.15, -0.1) is 11.3 Å². The number of hydrogen-bond acceptors (Lipinski definition) is 7. The van der Waals surface area contributed by atoms with E-state index in [0.29, 0.717) is 28.6 Å². The molecule has 8 nitrogen and oxygen atoms in total. The summed E-state index contributed by atoms with van der Waals surface area (Å²) in [5, 5.41) is 13.1. The topological polar surface area (TPSA) is 110 Å². The van der Waals surface area contributed by atoms with Crippen molar-refractivity contribution in [3.63, 3.8) is 0 Å². The van der Waals surface area contributed by atoms with Gasteiger partial charge in [0.2, 0.25) is 0 Å². The molecule has 1 aliphatic carbocycles. The Morgan fingerprint density at radius 3 is 2.81 bits per heavy atom. The van der Waals surface area contributed by atoms with E-state index in [0.717, 1.165) is 22.4 Å². The number of amides is 1. The second-order valence-corrected chi connectivity index (χ2v) is 7.72. The number of thiazole rings is 1. The molecule has 32 heavy (non-hydrogen) atoms. The number of allylic oxidation sites excluding steroid dienone is 6. The second kappa shape index (κ2) is 10.5. The lowest BCUT2D eigenvalue weighted by Crippen LogP contribution is -2.11. The minimum atomic E-state index is -0.269. The summed E-state index contributed by atoms with van der Waals surface area (Å²) < 4.78 is 10.4. The average Bonchev–Trinajstić information content (AvgIpc) is 3.18. The predicted molar refractivity (Wildman–Crippen MR) is 127 cm³/mol. The monoisotopic (exact) mass is 449 g/mol. The van der Waals surface area contributed by atoms with E-state index < -0.39 is 0 Å². The molecule has 0 unspecified atom stereocenters. The number of hydrogen-bond donors (Lipinski definition) is 2. The molecule has 2 aromatic rings. The first-order valence-electron chi connectivity index (χ1n) is 9.66. The van der Waals surface area contributed by atoms with Crippen molar-refractivity contribution in [3.05, 3.63) is 82.6 Å². The van der Waals surface area contributed by atoms with Crippen LogP contribution in [0.25, 0.3) is 5.57 Å². The van der Waals surface area contributed by atoms with Crippen LogP contribution in [-0.4, -0.2) is 35.2 Å². The molecule has 1 aliphatic rings. The Morgan fingerprint density at radius 2 is 2.09 bits per heavy atom. The van der Waals surface area contributed by atoms with Gasteiger partial charge in [0.1, 0.15) is 11.5 Å². The van der Waals surface area contributed by atoms with Gasteiger partial charge in [-0.25, -0.2) is 15.4 Å². The summed E-state index contributed by atoms with van der Waals surface area (Å²) in [5.74, 6) is 0.609. The number of ether oxygens (including phenoxy) is 2. The summed E-state index contributed by atoms with van der Waals surface area (Å²) in [4.78, 5) is 24.8. The van der Waals surface area contributed by atoms with Gasteiger partial charge in [0.25, 0.3) is 5.91 Å². The standard InChI is InChI=1S/C23H23N5O3S/c1-14-5-6-18(31-22(24)26-12-16(3)30-4)11-15(2)20(14)19-13-32-23(27-19)28-21(29)17-7-9-25-10-8-17/h6-13,24H,3,5H2,1-2,4H3,(H,27,28,29)/b24-22?,26-12-. The van der Waals surface area contributed by atoms with Crippen molar-refractivity contribution in [2.75, 3.05) is 12.4 Å². The van der Waals surface area contributed by atoms with Crippen molar-refractivity contribution >= 4 is 40.2 Å². The van der Waals surface area contributed by atoms with Crippen molar-refractivity contribution in [3.8, 4) is 0 Å². The van der Waals surface area contributed by atoms with Crippen molar-refractivity contribution in [2.45, 2.75) is 20.3 Å². The van der Waals surface area contributed by atoms with Crippen LogP contribution >= 0.6 is 11.3 Å². The van der Waals surface area contributed by atoms with Crippen molar-refractivity contribution < 1.29 is 14.3 Å². The number of carbonyl (C=O) groups excluding carboxylic acids is 1. The highest BCUT2D eigenvalue weighted by atomic mass is 32.1. The average molecular weight is 450 g/mol. The van der Waals surface area contributed by atoms with Gasteiger partial charge in [0.05, 0.1) is 19.0 Å². The normalized spacial score (nSPS) is 13.8. The zero-order chi connectivity index (χ0) is 23.1. The van der Waals surface area contributed by atoms with Crippen LogP contribution in [0.2, 0.25) is 0 Å². The fourth-order valence-corrected chi connectivity index (χ4v) is 3.66. The van der Waals surface area contributed by atoms with Gasteiger partial charge in [-0.05, 0) is 50.1 Å². The lowest BCUT2D eigenvalue weighted by molar-refractivity contribution is 0.102. The van der Waals surface area contributed by atoms with E-state index in [1.54, 1.807) is 24.5 Å². The quantitative estimate of drug-likeness (QED) is 0.367. The number of nitrogens with one attached hydrogen (secondary N) is 2. The van der Waals surface area contributed by atoms with Gasteiger partial charge in [0, 0.05) is 28.9 Å². The van der Waals surface area contributed by atoms with Crippen molar-refractivity contribution in [1.29, 1.82) is 5.41 Å². The van der Waals surface area contributed by atoms with Crippen LogP contribution in [0.4, 0.5) is 5.13 Å². The molecule has 0 radical (unpaired) electrons. The minimum absolute atomic E-state index is 0.236. The van der Waals surface area contributed by atoms with Gasteiger partial charge in [-0.1, -0.05) is 12.2 Å². The summed E-state index contributed by atoms with van der Waals surface area (Å²) in [6, 6.07) is 3.03. The first-order chi connectivity index (χ1) is 15.4. The number of anilines is 1. The molecule has 2 heterocycles. The Labute approximate surface area is 190 Å². The summed E-state index contributed by atoms with van der Waals surface area (Å²) in [5.41, 5.74) is 4.29. The van der Waals surface area contributed by atoms with Crippen LogP contribution in [0.5, 0.6) is 0 Å². The minimum Gasteiger partial charge on any atom is -0.496 e. The van der Waals surface area contributed by atoms with Crippen molar-refractivity contribution in [1.82, 2.24) is 9.97 Å². The molecule has 0 aliphatic heterocycles. The molecule has 0 saturated carbocycles. The van der Waals surface area contributed by atoms with Crippen LogP contribution in [0.15, 0.2) is 76.3 Å². The van der Waals surface area contributed by atoms with E-state index >= 15 is 0 Å². The third-order valence-corrected chi connectivity index (χ3v) is 5.27. The molecule has 3 rings (SSSR count). The number of aliphatic imine (C=N–C) groups is 1. The number of amidine groups is 1. The Balaban J connectivity index is 1.73. The van der Waals surface area contributed by atoms with E-state index in [9.17, 15) is 4.79 Å². The zero-order valence-electron chi connectivity index (χ0n) is 18.0. The summed E-state index contributed by atoms with van der Waals surface area (Å²) in [7, 11) is 1.48.